The molecule has 0 bridgehead atoms. The smallest absolute Gasteiger partial charge is 0.491 e. The highest BCUT2D eigenvalue weighted by Gasteiger charge is 2.39. The van der Waals surface area contributed by atoms with Gasteiger partial charge in [0.05, 0.1) is 16.9 Å². The Balaban J connectivity index is 2.79. The number of rotatable bonds is 13. The molecule has 1 rings (SSSR count). The van der Waals surface area contributed by atoms with E-state index in [1.54, 1.807) is 0 Å². The van der Waals surface area contributed by atoms with E-state index in [0.29, 0.717) is 6.42 Å². The first-order valence-electron chi connectivity index (χ1n) is 9.12. The minimum Gasteiger partial charge on any atom is -0.491 e. The van der Waals surface area contributed by atoms with E-state index in [2.05, 4.69) is 6.58 Å². The van der Waals surface area contributed by atoms with Crippen molar-refractivity contribution in [1.29, 1.82) is 0 Å². The third kappa shape index (κ3) is 9.26. The Labute approximate surface area is 166 Å². The summed E-state index contributed by atoms with van der Waals surface area (Å²) < 4.78 is 29.9. The molecular formula is C18H31N2O6P2+. The van der Waals surface area contributed by atoms with Crippen LogP contribution in [0.25, 0.3) is 0 Å². The second-order valence-electron chi connectivity index (χ2n) is 6.95. The highest BCUT2D eigenvalue weighted by Crippen LogP contribution is 2.44. The highest BCUT2D eigenvalue weighted by molar-refractivity contribution is 7.57. The standard InChI is InChI=1S/C18H30N2O6P2/c1-5-12-20(21)28(24,25)15-19(14-27(4,22)23)13-11-17-7-9-18(10-8-17)26-16(3)6-2/h5,7-10,16H,1,6,11-15H2,2-4H3,(H-,22,23,24,25)/p+1. The van der Waals surface area contributed by atoms with Crippen LogP contribution in [0.3, 0.4) is 0 Å². The van der Waals surface area contributed by atoms with Gasteiger partial charge in [0, 0.05) is 18.1 Å². The Morgan fingerprint density at radius 1 is 1.25 bits per heavy atom. The van der Waals surface area contributed by atoms with Crippen LogP contribution in [0, 0.1) is 4.91 Å². The van der Waals surface area contributed by atoms with E-state index in [9.17, 15) is 23.8 Å². The minimum atomic E-state index is -4.21. The van der Waals surface area contributed by atoms with Gasteiger partial charge in [0.1, 0.15) is 12.0 Å². The van der Waals surface area contributed by atoms with Crippen LogP contribution < -0.4 is 4.74 Å². The molecule has 0 aliphatic heterocycles. The van der Waals surface area contributed by atoms with Gasteiger partial charge in [-0.15, -0.1) is 0 Å². The lowest BCUT2D eigenvalue weighted by molar-refractivity contribution is -0.396. The molecule has 1 aromatic rings. The first kappa shape index (κ1) is 24.7. The Kier molecular flexibility index (Phi) is 9.75. The van der Waals surface area contributed by atoms with Crippen molar-refractivity contribution in [2.45, 2.75) is 32.8 Å². The summed E-state index contributed by atoms with van der Waals surface area (Å²) in [6.07, 6.45) is 1.99. The van der Waals surface area contributed by atoms with Crippen molar-refractivity contribution in [3.63, 3.8) is 0 Å². The zero-order chi connectivity index (χ0) is 21.4. The van der Waals surface area contributed by atoms with Gasteiger partial charge in [-0.2, -0.15) is 0 Å². The van der Waals surface area contributed by atoms with Gasteiger partial charge < -0.3 is 9.63 Å². The van der Waals surface area contributed by atoms with E-state index in [1.165, 1.54) is 17.6 Å². The third-order valence-electron chi connectivity index (χ3n) is 4.03. The zero-order valence-corrected chi connectivity index (χ0v) is 18.5. The molecule has 0 aromatic heterocycles. The van der Waals surface area contributed by atoms with Gasteiger partial charge in [-0.25, -0.2) is 4.57 Å². The van der Waals surface area contributed by atoms with Gasteiger partial charge in [0.2, 0.25) is 13.9 Å². The van der Waals surface area contributed by atoms with Crippen molar-refractivity contribution in [1.82, 2.24) is 4.90 Å². The fraction of sp³-hybridized carbons (Fsp3) is 0.556. The molecule has 0 amide bonds. The number of nitrogens with zero attached hydrogens (tertiary/aromatic N) is 2. The van der Waals surface area contributed by atoms with Crippen LogP contribution in [-0.4, -0.2) is 57.6 Å². The molecule has 0 fully saturated rings. The van der Waals surface area contributed by atoms with Crippen molar-refractivity contribution in [3.05, 3.63) is 47.4 Å². The first-order chi connectivity index (χ1) is 13.0. The Morgan fingerprint density at radius 2 is 1.86 bits per heavy atom. The largest absolute Gasteiger partial charge is 0.509 e. The molecule has 0 aliphatic carbocycles. The molecular weight excluding hydrogens is 402 g/mol. The Hall–Kier alpha value is -1.30. The van der Waals surface area contributed by atoms with Crippen LogP contribution in [0.4, 0.5) is 0 Å². The van der Waals surface area contributed by atoms with E-state index in [0.717, 1.165) is 17.7 Å². The predicted molar refractivity (Wildman–Crippen MR) is 111 cm³/mol. The molecule has 0 saturated heterocycles. The average molecular weight is 433 g/mol. The number of nitroso groups, excluding NO2 is 1. The molecule has 0 radical (unpaired) electrons. The Morgan fingerprint density at radius 3 is 2.36 bits per heavy atom. The summed E-state index contributed by atoms with van der Waals surface area (Å²) in [4.78, 5) is 32.8. The second-order valence-corrected chi connectivity index (χ2v) is 11.4. The molecule has 28 heavy (non-hydrogen) atoms. The van der Waals surface area contributed by atoms with Gasteiger partial charge >= 0.3 is 7.52 Å². The molecule has 2 N–H and O–H groups in total. The lowest BCUT2D eigenvalue weighted by atomic mass is 10.1. The van der Waals surface area contributed by atoms with Gasteiger partial charge in [-0.3, -0.25) is 14.4 Å². The number of ether oxygens (including phenoxy) is 1. The van der Waals surface area contributed by atoms with Crippen molar-refractivity contribution >= 4 is 14.9 Å². The second kappa shape index (κ2) is 11.0. The first-order valence-corrected chi connectivity index (χ1v) is 13.2. The molecule has 1 aromatic carbocycles. The summed E-state index contributed by atoms with van der Waals surface area (Å²) in [5.74, 6) is 0.759. The Bertz CT molecular complexity index is 747. The predicted octanol–water partition coefficient (Wildman–Crippen LogP) is 3.67. The maximum atomic E-state index is 12.3. The summed E-state index contributed by atoms with van der Waals surface area (Å²) in [6.45, 7) is 8.56. The maximum absolute atomic E-state index is 12.3. The van der Waals surface area contributed by atoms with Gasteiger partial charge in [-0.05, 0) is 43.5 Å². The van der Waals surface area contributed by atoms with E-state index in [-0.39, 0.29) is 30.0 Å². The van der Waals surface area contributed by atoms with Crippen LogP contribution in [0.5, 0.6) is 5.75 Å². The third-order valence-corrected chi connectivity index (χ3v) is 6.59. The number of benzene rings is 1. The lowest BCUT2D eigenvalue weighted by Gasteiger charge is -2.22. The van der Waals surface area contributed by atoms with E-state index in [1.807, 2.05) is 38.1 Å². The monoisotopic (exact) mass is 433 g/mol. The average Bonchev–Trinajstić information content (AvgIpc) is 2.59. The van der Waals surface area contributed by atoms with Crippen LogP contribution in [0.2, 0.25) is 0 Å². The maximum Gasteiger partial charge on any atom is 0.509 e. The van der Waals surface area contributed by atoms with Crippen LogP contribution in [0.15, 0.2) is 36.9 Å². The molecule has 0 spiro atoms. The van der Waals surface area contributed by atoms with Crippen molar-refractivity contribution in [3.8, 4) is 5.75 Å². The van der Waals surface area contributed by atoms with Gasteiger partial charge in [0.25, 0.3) is 0 Å². The van der Waals surface area contributed by atoms with E-state index < -0.39 is 21.2 Å². The number of hydrogen-bond acceptors (Lipinski definition) is 5. The summed E-state index contributed by atoms with van der Waals surface area (Å²) >= 11 is 0. The van der Waals surface area contributed by atoms with Crippen molar-refractivity contribution in [2.75, 3.05) is 32.3 Å². The molecule has 0 heterocycles. The SMILES string of the molecule is C=CC[N+](=O)P(=O)(O)CN(CCc1ccc(OC(C)CC)cc1)CP(C)(=O)O. The summed E-state index contributed by atoms with van der Waals surface area (Å²) in [7, 11) is -7.68. The summed E-state index contributed by atoms with van der Waals surface area (Å²) in [5, 5.41) is 0. The topological polar surface area (TPSA) is 107 Å². The number of hydrogen-bond donors (Lipinski definition) is 2. The minimum absolute atomic E-state index is 0.0754. The van der Waals surface area contributed by atoms with Crippen LogP contribution >= 0.6 is 14.9 Å². The van der Waals surface area contributed by atoms with Gasteiger partial charge in [0.15, 0.2) is 0 Å². The van der Waals surface area contributed by atoms with E-state index >= 15 is 0 Å². The summed E-state index contributed by atoms with van der Waals surface area (Å²) in [6, 6.07) is 7.47. The highest BCUT2D eigenvalue weighted by atomic mass is 31.2. The zero-order valence-electron chi connectivity index (χ0n) is 16.7. The van der Waals surface area contributed by atoms with Crippen LogP contribution in [-0.2, 0) is 15.6 Å². The van der Waals surface area contributed by atoms with Crippen molar-refractivity contribution in [2.24, 2.45) is 0 Å². The molecule has 158 valence electrons. The molecule has 0 saturated carbocycles. The van der Waals surface area contributed by atoms with Gasteiger partial charge in [-0.1, -0.05) is 25.6 Å². The van der Waals surface area contributed by atoms with Crippen LogP contribution in [0.1, 0.15) is 25.8 Å². The fourth-order valence-corrected chi connectivity index (χ4v) is 4.88. The molecule has 0 aliphatic rings. The lowest BCUT2D eigenvalue weighted by Crippen LogP contribution is -2.30. The summed E-state index contributed by atoms with van der Waals surface area (Å²) in [5.41, 5.74) is 0.947. The molecule has 8 nitrogen and oxygen atoms in total. The van der Waals surface area contributed by atoms with E-state index in [4.69, 9.17) is 4.74 Å². The normalized spacial score (nSPS) is 16.8. The molecule has 3 atom stereocenters. The van der Waals surface area contributed by atoms with Crippen molar-refractivity contribution < 1.29 is 28.2 Å². The quantitative estimate of drug-likeness (QED) is 0.361. The fourth-order valence-electron chi connectivity index (χ4n) is 2.46. The molecule has 3 unspecified atom stereocenters. The molecule has 10 heteroatoms.